The fraction of sp³-hybridized carbons (Fsp3) is 0.200. The molecule has 28 heavy (non-hydrogen) atoms. The van der Waals surface area contributed by atoms with Gasteiger partial charge in [0, 0.05) is 30.2 Å². The molecule has 0 amide bonds. The first-order valence-corrected chi connectivity index (χ1v) is 9.77. The monoisotopic (exact) mass is 370 g/mol. The van der Waals surface area contributed by atoms with Crippen LogP contribution in [0.4, 0.5) is 0 Å². The Kier molecular flexibility index (Phi) is 5.74. The summed E-state index contributed by atoms with van der Waals surface area (Å²) in [7, 11) is 2.18. The Hall–Kier alpha value is -3.04. The molecule has 3 heteroatoms. The summed E-state index contributed by atoms with van der Waals surface area (Å²) >= 11 is 0. The number of benzene rings is 3. The summed E-state index contributed by atoms with van der Waals surface area (Å²) < 4.78 is 6.00. The Bertz CT molecular complexity index is 1010. The molecule has 0 atom stereocenters. The highest BCUT2D eigenvalue weighted by atomic mass is 16.5. The van der Waals surface area contributed by atoms with Crippen molar-refractivity contribution in [3.63, 3.8) is 0 Å². The predicted molar refractivity (Wildman–Crippen MR) is 116 cm³/mol. The number of fused-ring (bicyclic) bond motifs is 1. The second kappa shape index (κ2) is 8.77. The highest BCUT2D eigenvalue weighted by molar-refractivity contribution is 5.84. The summed E-state index contributed by atoms with van der Waals surface area (Å²) in [5.74, 6) is 0.912. The SMILES string of the molecule is CN(CCc1c[nH]c2ccc(OCc3ccccc3)cc12)Cc1ccccc1. The number of nitrogens with zero attached hydrogens (tertiary/aromatic N) is 1. The van der Waals surface area contributed by atoms with Gasteiger partial charge in [0.25, 0.3) is 0 Å². The van der Waals surface area contributed by atoms with Gasteiger partial charge in [0.2, 0.25) is 0 Å². The summed E-state index contributed by atoms with van der Waals surface area (Å²) in [6.07, 6.45) is 3.13. The Balaban J connectivity index is 1.40. The van der Waals surface area contributed by atoms with E-state index in [1.54, 1.807) is 0 Å². The van der Waals surface area contributed by atoms with E-state index in [4.69, 9.17) is 4.74 Å². The number of ether oxygens (including phenoxy) is 1. The summed E-state index contributed by atoms with van der Waals surface area (Å²) in [5.41, 5.74) is 5.02. The topological polar surface area (TPSA) is 28.3 Å². The third kappa shape index (κ3) is 4.62. The van der Waals surface area contributed by atoms with E-state index in [1.807, 2.05) is 24.3 Å². The van der Waals surface area contributed by atoms with Gasteiger partial charge in [-0.15, -0.1) is 0 Å². The van der Waals surface area contributed by atoms with Crippen molar-refractivity contribution in [2.24, 2.45) is 0 Å². The van der Waals surface area contributed by atoms with Gasteiger partial charge in [-0.1, -0.05) is 60.7 Å². The lowest BCUT2D eigenvalue weighted by atomic mass is 10.1. The molecular weight excluding hydrogens is 344 g/mol. The van der Waals surface area contributed by atoms with Crippen molar-refractivity contribution in [2.45, 2.75) is 19.6 Å². The number of likely N-dealkylation sites (N-methyl/N-ethyl adjacent to an activating group) is 1. The number of hydrogen-bond acceptors (Lipinski definition) is 2. The van der Waals surface area contributed by atoms with E-state index in [2.05, 4.69) is 77.7 Å². The van der Waals surface area contributed by atoms with Gasteiger partial charge in [0.05, 0.1) is 0 Å². The lowest BCUT2D eigenvalue weighted by Crippen LogP contribution is -2.20. The van der Waals surface area contributed by atoms with Crippen molar-refractivity contribution in [2.75, 3.05) is 13.6 Å². The number of aromatic nitrogens is 1. The normalized spacial score (nSPS) is 11.2. The molecule has 1 aromatic heterocycles. The third-order valence-electron chi connectivity index (χ3n) is 5.05. The van der Waals surface area contributed by atoms with Gasteiger partial charge in [0.15, 0.2) is 0 Å². The summed E-state index contributed by atoms with van der Waals surface area (Å²) in [4.78, 5) is 5.75. The predicted octanol–water partition coefficient (Wildman–Crippen LogP) is 5.42. The quantitative estimate of drug-likeness (QED) is 0.448. The van der Waals surface area contributed by atoms with Crippen molar-refractivity contribution in [3.8, 4) is 5.75 Å². The van der Waals surface area contributed by atoms with Crippen LogP contribution in [0.1, 0.15) is 16.7 Å². The molecule has 0 unspecified atom stereocenters. The molecule has 0 aliphatic carbocycles. The van der Waals surface area contributed by atoms with Crippen molar-refractivity contribution >= 4 is 10.9 Å². The van der Waals surface area contributed by atoms with E-state index in [1.165, 1.54) is 22.1 Å². The molecule has 1 N–H and O–H groups in total. The largest absolute Gasteiger partial charge is 0.489 e. The minimum Gasteiger partial charge on any atom is -0.489 e. The van der Waals surface area contributed by atoms with Crippen molar-refractivity contribution in [1.82, 2.24) is 9.88 Å². The molecule has 3 aromatic carbocycles. The molecule has 0 bridgehead atoms. The minimum atomic E-state index is 0.589. The molecule has 0 spiro atoms. The zero-order valence-electron chi connectivity index (χ0n) is 16.3. The van der Waals surface area contributed by atoms with Crippen LogP contribution in [0.5, 0.6) is 5.75 Å². The molecule has 0 saturated heterocycles. The standard InChI is InChI=1S/C25H26N2O/c1-27(18-20-8-4-2-5-9-20)15-14-22-17-26-25-13-12-23(16-24(22)25)28-19-21-10-6-3-7-11-21/h2-13,16-17,26H,14-15,18-19H2,1H3. The average Bonchev–Trinajstić information content (AvgIpc) is 3.14. The highest BCUT2D eigenvalue weighted by Gasteiger charge is 2.08. The first-order chi connectivity index (χ1) is 13.8. The van der Waals surface area contributed by atoms with E-state index >= 15 is 0 Å². The highest BCUT2D eigenvalue weighted by Crippen LogP contribution is 2.25. The summed E-state index contributed by atoms with van der Waals surface area (Å²) in [5, 5.41) is 1.25. The maximum Gasteiger partial charge on any atom is 0.120 e. The second-order valence-electron chi connectivity index (χ2n) is 7.27. The first-order valence-electron chi connectivity index (χ1n) is 9.77. The maximum atomic E-state index is 6.00. The van der Waals surface area contributed by atoms with Crippen molar-refractivity contribution in [1.29, 1.82) is 0 Å². The van der Waals surface area contributed by atoms with Crippen LogP contribution < -0.4 is 4.74 Å². The lowest BCUT2D eigenvalue weighted by Gasteiger charge is -2.16. The van der Waals surface area contributed by atoms with Gasteiger partial charge in [-0.3, -0.25) is 0 Å². The summed E-state index contributed by atoms with van der Waals surface area (Å²) in [6.45, 7) is 2.57. The molecule has 0 aliphatic heterocycles. The van der Waals surface area contributed by atoms with Gasteiger partial charge in [-0.2, -0.15) is 0 Å². The molecule has 4 aromatic rings. The number of H-pyrrole nitrogens is 1. The first kappa shape index (κ1) is 18.3. The smallest absolute Gasteiger partial charge is 0.120 e. The van der Waals surface area contributed by atoms with E-state index in [9.17, 15) is 0 Å². The average molecular weight is 370 g/mol. The molecule has 1 heterocycles. The molecule has 3 nitrogen and oxygen atoms in total. The van der Waals surface area contributed by atoms with Gasteiger partial charge < -0.3 is 14.6 Å². The van der Waals surface area contributed by atoms with Gasteiger partial charge in [-0.05, 0) is 48.4 Å². The third-order valence-corrected chi connectivity index (χ3v) is 5.05. The van der Waals surface area contributed by atoms with E-state index < -0.39 is 0 Å². The fourth-order valence-electron chi connectivity index (χ4n) is 3.48. The Morgan fingerprint density at radius 3 is 2.32 bits per heavy atom. The van der Waals surface area contributed by atoms with Crippen molar-refractivity contribution < 1.29 is 4.74 Å². The van der Waals surface area contributed by atoms with E-state index in [0.717, 1.165) is 30.8 Å². The van der Waals surface area contributed by atoms with Crippen LogP contribution in [-0.2, 0) is 19.6 Å². The maximum absolute atomic E-state index is 6.00. The van der Waals surface area contributed by atoms with Crippen LogP contribution in [0, 0.1) is 0 Å². The number of hydrogen-bond donors (Lipinski definition) is 1. The van der Waals surface area contributed by atoms with Crippen molar-refractivity contribution in [3.05, 3.63) is 102 Å². The minimum absolute atomic E-state index is 0.589. The fourth-order valence-corrected chi connectivity index (χ4v) is 3.48. The molecule has 0 saturated carbocycles. The van der Waals surface area contributed by atoms with Gasteiger partial charge in [0.1, 0.15) is 12.4 Å². The zero-order chi connectivity index (χ0) is 19.2. The van der Waals surface area contributed by atoms with Gasteiger partial charge >= 0.3 is 0 Å². The van der Waals surface area contributed by atoms with Crippen LogP contribution >= 0.6 is 0 Å². The second-order valence-corrected chi connectivity index (χ2v) is 7.27. The molecule has 4 rings (SSSR count). The van der Waals surface area contributed by atoms with Crippen LogP contribution in [0.3, 0.4) is 0 Å². The molecule has 0 aliphatic rings. The van der Waals surface area contributed by atoms with E-state index in [0.29, 0.717) is 6.61 Å². The number of aromatic amines is 1. The number of rotatable bonds is 8. The lowest BCUT2D eigenvalue weighted by molar-refractivity contribution is 0.306. The molecule has 0 fully saturated rings. The number of nitrogens with one attached hydrogen (secondary N) is 1. The van der Waals surface area contributed by atoms with Gasteiger partial charge in [-0.25, -0.2) is 0 Å². The summed E-state index contributed by atoms with van der Waals surface area (Å²) in [6, 6.07) is 27.2. The van der Waals surface area contributed by atoms with Crippen LogP contribution in [0.2, 0.25) is 0 Å². The Labute approximate surface area is 166 Å². The molecular formula is C25H26N2O. The Morgan fingerprint density at radius 2 is 1.57 bits per heavy atom. The van der Waals surface area contributed by atoms with Crippen LogP contribution in [0.15, 0.2) is 85.1 Å². The van der Waals surface area contributed by atoms with Crippen LogP contribution in [0.25, 0.3) is 10.9 Å². The zero-order valence-corrected chi connectivity index (χ0v) is 16.3. The van der Waals surface area contributed by atoms with E-state index in [-0.39, 0.29) is 0 Å². The molecule has 142 valence electrons. The molecule has 0 radical (unpaired) electrons. The Morgan fingerprint density at radius 1 is 0.857 bits per heavy atom. The van der Waals surface area contributed by atoms with Crippen LogP contribution in [-0.4, -0.2) is 23.5 Å².